The van der Waals surface area contributed by atoms with Crippen LogP contribution in [0.15, 0.2) is 207 Å². The molecular formula is C52H34N4. The second-order valence-corrected chi connectivity index (χ2v) is 14.3. The van der Waals surface area contributed by atoms with Crippen LogP contribution in [0.25, 0.3) is 99.5 Å². The Kier molecular flexibility index (Phi) is 7.46. The summed E-state index contributed by atoms with van der Waals surface area (Å²) in [5.41, 5.74) is 16.4. The van der Waals surface area contributed by atoms with Crippen LogP contribution >= 0.6 is 0 Å². The molecule has 0 bridgehead atoms. The number of fused-ring (bicyclic) bond motifs is 6. The summed E-state index contributed by atoms with van der Waals surface area (Å²) in [7, 11) is 0. The van der Waals surface area contributed by atoms with Gasteiger partial charge >= 0.3 is 0 Å². The smallest absolute Gasteiger partial charge is 0.0541 e. The molecule has 4 heterocycles. The fraction of sp³-hybridized carbons (Fsp3) is 0. The average Bonchev–Trinajstić information content (AvgIpc) is 3.79. The first kappa shape index (κ1) is 31.9. The van der Waals surface area contributed by atoms with Gasteiger partial charge in [0.2, 0.25) is 0 Å². The predicted molar refractivity (Wildman–Crippen MR) is 232 cm³/mol. The fourth-order valence-electron chi connectivity index (χ4n) is 8.64. The Morgan fingerprint density at radius 2 is 0.643 bits per heavy atom. The maximum absolute atomic E-state index is 4.25. The molecule has 11 aromatic rings. The normalized spacial score (nSPS) is 11.6. The van der Waals surface area contributed by atoms with Crippen molar-refractivity contribution < 1.29 is 0 Å². The van der Waals surface area contributed by atoms with Crippen molar-refractivity contribution in [1.82, 2.24) is 19.1 Å². The molecule has 0 fully saturated rings. The summed E-state index contributed by atoms with van der Waals surface area (Å²) in [6.07, 6.45) is 7.44. The van der Waals surface area contributed by atoms with E-state index in [9.17, 15) is 0 Å². The summed E-state index contributed by atoms with van der Waals surface area (Å²) in [6.45, 7) is 0. The minimum absolute atomic E-state index is 1.12. The van der Waals surface area contributed by atoms with Crippen molar-refractivity contribution in [3.05, 3.63) is 207 Å². The zero-order valence-corrected chi connectivity index (χ0v) is 30.4. The van der Waals surface area contributed by atoms with Gasteiger partial charge in [-0.15, -0.1) is 0 Å². The van der Waals surface area contributed by atoms with Crippen molar-refractivity contribution in [1.29, 1.82) is 0 Å². The van der Waals surface area contributed by atoms with E-state index in [2.05, 4.69) is 201 Å². The molecule has 0 aliphatic heterocycles. The van der Waals surface area contributed by atoms with Crippen molar-refractivity contribution in [2.75, 3.05) is 0 Å². The number of hydrogen-bond donors (Lipinski definition) is 0. The molecule has 262 valence electrons. The van der Waals surface area contributed by atoms with Crippen LogP contribution < -0.4 is 0 Å². The van der Waals surface area contributed by atoms with Gasteiger partial charge in [0, 0.05) is 57.7 Å². The number of pyridine rings is 2. The number of para-hydroxylation sites is 2. The Labute approximate surface area is 324 Å². The molecule has 0 unspecified atom stereocenters. The van der Waals surface area contributed by atoms with Crippen molar-refractivity contribution in [2.45, 2.75) is 0 Å². The molecular weight excluding hydrogens is 681 g/mol. The number of hydrogen-bond acceptors (Lipinski definition) is 2. The lowest BCUT2D eigenvalue weighted by molar-refractivity contribution is 1.13. The summed E-state index contributed by atoms with van der Waals surface area (Å²) in [4.78, 5) is 8.51. The van der Waals surface area contributed by atoms with Crippen LogP contribution in [0.2, 0.25) is 0 Å². The maximum atomic E-state index is 4.25. The standard InChI is InChI=1S/C52H34N4/c1-3-14-43(41(12-1)35-24-28-53-29-25-35)37-20-22-51-47(32-37)45-16-5-7-18-49(45)55(51)39-10-9-11-40(34-39)56-50-19-8-6-17-46(50)48-33-38(21-23-52(48)56)44-15-4-2-13-42(44)36-26-30-54-31-27-36/h1-34H. The van der Waals surface area contributed by atoms with Gasteiger partial charge in [-0.2, -0.15) is 0 Å². The van der Waals surface area contributed by atoms with Crippen LogP contribution in [0.4, 0.5) is 0 Å². The van der Waals surface area contributed by atoms with E-state index in [0.717, 1.165) is 22.5 Å². The maximum Gasteiger partial charge on any atom is 0.0541 e. The second kappa shape index (κ2) is 13.1. The highest BCUT2D eigenvalue weighted by molar-refractivity contribution is 6.12. The third-order valence-electron chi connectivity index (χ3n) is 11.2. The van der Waals surface area contributed by atoms with Crippen LogP contribution in [0, 0.1) is 0 Å². The van der Waals surface area contributed by atoms with Gasteiger partial charge in [-0.3, -0.25) is 9.97 Å². The van der Waals surface area contributed by atoms with E-state index in [-0.39, 0.29) is 0 Å². The monoisotopic (exact) mass is 714 g/mol. The number of benzene rings is 7. The second-order valence-electron chi connectivity index (χ2n) is 14.3. The van der Waals surface area contributed by atoms with Gasteiger partial charge in [-0.05, 0) is 123 Å². The quantitative estimate of drug-likeness (QED) is 0.172. The lowest BCUT2D eigenvalue weighted by Crippen LogP contribution is -1.98. The van der Waals surface area contributed by atoms with E-state index in [1.54, 1.807) is 0 Å². The molecule has 0 amide bonds. The Balaban J connectivity index is 1.06. The van der Waals surface area contributed by atoms with Crippen molar-refractivity contribution >= 4 is 43.6 Å². The lowest BCUT2D eigenvalue weighted by Gasteiger charge is -2.14. The number of aromatic nitrogens is 4. The topological polar surface area (TPSA) is 35.6 Å². The molecule has 4 aromatic heterocycles. The third kappa shape index (κ3) is 5.15. The summed E-state index contributed by atoms with van der Waals surface area (Å²) in [5.74, 6) is 0. The molecule has 7 aromatic carbocycles. The van der Waals surface area contributed by atoms with Crippen molar-refractivity contribution in [3.8, 4) is 55.9 Å². The van der Waals surface area contributed by atoms with E-state index in [1.807, 2.05) is 24.8 Å². The zero-order chi connectivity index (χ0) is 37.0. The molecule has 0 N–H and O–H groups in total. The van der Waals surface area contributed by atoms with Gasteiger partial charge in [-0.1, -0.05) is 103 Å². The Morgan fingerprint density at radius 1 is 0.268 bits per heavy atom. The summed E-state index contributed by atoms with van der Waals surface area (Å²) in [5, 5.41) is 4.91. The molecule has 11 rings (SSSR count). The first-order valence-electron chi connectivity index (χ1n) is 19.0. The van der Waals surface area contributed by atoms with Crippen LogP contribution in [0.5, 0.6) is 0 Å². The molecule has 0 saturated heterocycles. The fourth-order valence-corrected chi connectivity index (χ4v) is 8.64. The van der Waals surface area contributed by atoms with Crippen molar-refractivity contribution in [2.24, 2.45) is 0 Å². The highest BCUT2D eigenvalue weighted by atomic mass is 15.0. The first-order chi connectivity index (χ1) is 27.8. The molecule has 56 heavy (non-hydrogen) atoms. The lowest BCUT2D eigenvalue weighted by atomic mass is 9.94. The molecule has 4 nitrogen and oxygen atoms in total. The summed E-state index contributed by atoms with van der Waals surface area (Å²) in [6, 6.07) is 65.9. The van der Waals surface area contributed by atoms with E-state index < -0.39 is 0 Å². The van der Waals surface area contributed by atoms with E-state index >= 15 is 0 Å². The highest BCUT2D eigenvalue weighted by Crippen LogP contribution is 2.40. The Hall–Kier alpha value is -7.56. The predicted octanol–water partition coefficient (Wildman–Crippen LogP) is 13.3. The summed E-state index contributed by atoms with van der Waals surface area (Å²) < 4.78 is 4.82. The van der Waals surface area contributed by atoms with Crippen LogP contribution in [-0.2, 0) is 0 Å². The zero-order valence-electron chi connectivity index (χ0n) is 30.4. The van der Waals surface area contributed by atoms with Gasteiger partial charge in [-0.25, -0.2) is 0 Å². The van der Waals surface area contributed by atoms with Crippen LogP contribution in [0.1, 0.15) is 0 Å². The van der Waals surface area contributed by atoms with E-state index in [4.69, 9.17) is 0 Å². The highest BCUT2D eigenvalue weighted by Gasteiger charge is 2.18. The van der Waals surface area contributed by atoms with Crippen LogP contribution in [0.3, 0.4) is 0 Å². The molecule has 0 aliphatic carbocycles. The average molecular weight is 715 g/mol. The number of rotatable bonds is 6. The summed E-state index contributed by atoms with van der Waals surface area (Å²) >= 11 is 0. The van der Waals surface area contributed by atoms with Crippen LogP contribution in [-0.4, -0.2) is 19.1 Å². The Morgan fingerprint density at radius 3 is 1.09 bits per heavy atom. The molecule has 0 radical (unpaired) electrons. The Bertz CT molecular complexity index is 3030. The van der Waals surface area contributed by atoms with Gasteiger partial charge in [0.1, 0.15) is 0 Å². The van der Waals surface area contributed by atoms with Gasteiger partial charge in [0.15, 0.2) is 0 Å². The van der Waals surface area contributed by atoms with Crippen molar-refractivity contribution in [3.63, 3.8) is 0 Å². The van der Waals surface area contributed by atoms with Gasteiger partial charge in [0.25, 0.3) is 0 Å². The van der Waals surface area contributed by atoms with Gasteiger partial charge in [0.05, 0.1) is 22.1 Å². The minimum Gasteiger partial charge on any atom is -0.309 e. The molecule has 0 saturated carbocycles. The van der Waals surface area contributed by atoms with E-state index in [1.165, 1.54) is 77.0 Å². The number of nitrogens with zero attached hydrogens (tertiary/aromatic N) is 4. The first-order valence-corrected chi connectivity index (χ1v) is 19.0. The largest absolute Gasteiger partial charge is 0.309 e. The molecule has 4 heteroatoms. The molecule has 0 atom stereocenters. The van der Waals surface area contributed by atoms with Gasteiger partial charge < -0.3 is 9.13 Å². The third-order valence-corrected chi connectivity index (χ3v) is 11.2. The van der Waals surface area contributed by atoms with E-state index in [0.29, 0.717) is 0 Å². The molecule has 0 spiro atoms. The minimum atomic E-state index is 1.12. The SMILES string of the molecule is c1cc(-n2c3ccccc3c3cc(-c4ccccc4-c4ccncc4)ccc32)cc(-n2c3ccccc3c3cc(-c4ccccc4-c4ccncc4)ccc32)c1. The molecule has 0 aliphatic rings.